The fraction of sp³-hybridized carbons (Fsp3) is 0.529. The van der Waals surface area contributed by atoms with Crippen LogP contribution in [-0.4, -0.2) is 35.7 Å². The molecular weight excluding hydrogens is 298 g/mol. The second kappa shape index (κ2) is 6.10. The Kier molecular flexibility index (Phi) is 4.15. The normalized spacial score (nSPS) is 26.4. The zero-order chi connectivity index (χ0) is 16.4. The number of carbonyl (C=O) groups excluding carboxylic acids is 1. The Morgan fingerprint density at radius 1 is 1.22 bits per heavy atom. The molecule has 0 atom stereocenters. The predicted molar refractivity (Wildman–Crippen MR) is 82.9 cm³/mol. The molecule has 0 aromatic heterocycles. The van der Waals surface area contributed by atoms with Gasteiger partial charge in [-0.3, -0.25) is 4.79 Å². The second-order valence-corrected chi connectivity index (χ2v) is 6.35. The van der Waals surface area contributed by atoms with Crippen molar-refractivity contribution in [3.8, 4) is 11.5 Å². The minimum atomic E-state index is -1.19. The van der Waals surface area contributed by atoms with Crippen LogP contribution in [0.4, 0.5) is 0 Å². The first-order chi connectivity index (χ1) is 11.0. The smallest absolute Gasteiger partial charge is 0.329 e. The van der Waals surface area contributed by atoms with Crippen molar-refractivity contribution in [1.29, 1.82) is 0 Å². The van der Waals surface area contributed by atoms with Gasteiger partial charge in [0.2, 0.25) is 0 Å². The highest BCUT2D eigenvalue weighted by Crippen LogP contribution is 2.36. The van der Waals surface area contributed by atoms with Crippen molar-refractivity contribution in [3.05, 3.63) is 23.8 Å². The summed E-state index contributed by atoms with van der Waals surface area (Å²) in [6, 6.07) is 5.07. The van der Waals surface area contributed by atoms with Crippen LogP contribution in [0.3, 0.4) is 0 Å². The van der Waals surface area contributed by atoms with Gasteiger partial charge in [-0.1, -0.05) is 13.0 Å². The number of ether oxygens (including phenoxy) is 2. The van der Waals surface area contributed by atoms with E-state index in [2.05, 4.69) is 12.2 Å². The van der Waals surface area contributed by atoms with Crippen LogP contribution in [0.25, 0.3) is 0 Å². The molecule has 3 rings (SSSR count). The van der Waals surface area contributed by atoms with Gasteiger partial charge in [-0.25, -0.2) is 4.79 Å². The van der Waals surface area contributed by atoms with Crippen molar-refractivity contribution in [2.24, 2.45) is 5.92 Å². The number of carbonyl (C=O) groups is 2. The van der Waals surface area contributed by atoms with Crippen molar-refractivity contribution in [2.45, 2.75) is 38.1 Å². The van der Waals surface area contributed by atoms with Gasteiger partial charge in [0, 0.05) is 0 Å². The summed E-state index contributed by atoms with van der Waals surface area (Å²) in [5, 5.41) is 12.4. The van der Waals surface area contributed by atoms with Gasteiger partial charge in [0.15, 0.2) is 11.5 Å². The molecule has 2 N–H and O–H groups in total. The topological polar surface area (TPSA) is 84.9 Å². The molecule has 124 valence electrons. The first kappa shape index (κ1) is 15.6. The number of para-hydroxylation sites is 1. The van der Waals surface area contributed by atoms with Gasteiger partial charge < -0.3 is 19.9 Å². The zero-order valence-corrected chi connectivity index (χ0v) is 13.1. The van der Waals surface area contributed by atoms with Crippen molar-refractivity contribution >= 4 is 11.9 Å². The molecule has 1 saturated carbocycles. The molecule has 0 radical (unpaired) electrons. The van der Waals surface area contributed by atoms with Crippen LogP contribution in [-0.2, 0) is 4.79 Å². The monoisotopic (exact) mass is 319 g/mol. The van der Waals surface area contributed by atoms with Crippen LogP contribution < -0.4 is 14.8 Å². The Morgan fingerprint density at radius 3 is 2.61 bits per heavy atom. The predicted octanol–water partition coefficient (Wildman–Crippen LogP) is 2.22. The number of fused-ring (bicyclic) bond motifs is 1. The fourth-order valence-electron chi connectivity index (χ4n) is 3.18. The van der Waals surface area contributed by atoms with Crippen LogP contribution in [0.2, 0.25) is 0 Å². The van der Waals surface area contributed by atoms with E-state index in [1.165, 1.54) is 0 Å². The molecule has 0 saturated heterocycles. The second-order valence-electron chi connectivity index (χ2n) is 6.35. The van der Waals surface area contributed by atoms with Crippen LogP contribution >= 0.6 is 0 Å². The summed E-state index contributed by atoms with van der Waals surface area (Å²) in [6.07, 6.45) is 2.47. The van der Waals surface area contributed by atoms with Gasteiger partial charge in [-0.2, -0.15) is 0 Å². The Balaban J connectivity index is 1.84. The molecule has 1 aromatic carbocycles. The standard InChI is InChI=1S/C17H21NO5/c1-11-5-7-17(8-6-11,16(20)21)18-15(19)12-3-2-4-13-14(12)23-10-9-22-13/h2-4,11H,5-10H2,1H3,(H,18,19)(H,20,21). The van der Waals surface area contributed by atoms with Crippen molar-refractivity contribution in [2.75, 3.05) is 13.2 Å². The lowest BCUT2D eigenvalue weighted by atomic mass is 9.77. The quantitative estimate of drug-likeness (QED) is 0.892. The Hall–Kier alpha value is -2.24. The lowest BCUT2D eigenvalue weighted by Gasteiger charge is -2.36. The summed E-state index contributed by atoms with van der Waals surface area (Å²) in [5.41, 5.74) is -0.872. The van der Waals surface area contributed by atoms with Crippen molar-refractivity contribution in [1.82, 2.24) is 5.32 Å². The maximum Gasteiger partial charge on any atom is 0.329 e. The van der Waals surface area contributed by atoms with E-state index in [9.17, 15) is 14.7 Å². The summed E-state index contributed by atoms with van der Waals surface area (Å²) in [7, 11) is 0. The van der Waals surface area contributed by atoms with E-state index in [1.807, 2.05) is 0 Å². The molecule has 1 aliphatic carbocycles. The summed E-state index contributed by atoms with van der Waals surface area (Å²) >= 11 is 0. The Bertz CT molecular complexity index is 619. The lowest BCUT2D eigenvalue weighted by molar-refractivity contribution is -0.146. The molecule has 0 bridgehead atoms. The largest absolute Gasteiger partial charge is 0.486 e. The molecule has 1 aliphatic heterocycles. The molecule has 6 heteroatoms. The molecule has 1 aromatic rings. The summed E-state index contributed by atoms with van der Waals surface area (Å²) < 4.78 is 11.0. The van der Waals surface area contributed by atoms with Crippen LogP contribution in [0.15, 0.2) is 18.2 Å². The van der Waals surface area contributed by atoms with Gasteiger partial charge >= 0.3 is 5.97 Å². The molecule has 2 aliphatic rings. The highest BCUT2D eigenvalue weighted by molar-refractivity contribution is 6.00. The molecule has 1 heterocycles. The number of aliphatic carboxylic acids is 1. The number of benzene rings is 1. The number of nitrogens with one attached hydrogen (secondary N) is 1. The number of carboxylic acids is 1. The maximum atomic E-state index is 12.7. The average Bonchev–Trinajstić information content (AvgIpc) is 2.56. The van der Waals surface area contributed by atoms with Gasteiger partial charge in [0.25, 0.3) is 5.91 Å². The molecule has 1 amide bonds. The van der Waals surface area contributed by atoms with E-state index in [1.54, 1.807) is 18.2 Å². The van der Waals surface area contributed by atoms with Crippen molar-refractivity contribution in [3.63, 3.8) is 0 Å². The Labute approximate surface area is 134 Å². The highest BCUT2D eigenvalue weighted by Gasteiger charge is 2.43. The molecule has 1 fully saturated rings. The van der Waals surface area contributed by atoms with Crippen LogP contribution in [0.1, 0.15) is 43.0 Å². The van der Waals surface area contributed by atoms with Crippen LogP contribution in [0.5, 0.6) is 11.5 Å². The molecular formula is C17H21NO5. The third-order valence-corrected chi connectivity index (χ3v) is 4.70. The van der Waals surface area contributed by atoms with E-state index in [0.717, 1.165) is 12.8 Å². The first-order valence-corrected chi connectivity index (χ1v) is 7.96. The van der Waals surface area contributed by atoms with Gasteiger partial charge in [0.05, 0.1) is 5.56 Å². The number of hydrogen-bond donors (Lipinski definition) is 2. The van der Waals surface area contributed by atoms with Gasteiger partial charge in [-0.05, 0) is 43.7 Å². The number of carboxylic acid groups (broad SMARTS) is 1. The average molecular weight is 319 g/mol. The maximum absolute atomic E-state index is 12.7. The minimum absolute atomic E-state index is 0.321. The molecule has 0 spiro atoms. The van der Waals surface area contributed by atoms with Gasteiger partial charge in [-0.15, -0.1) is 0 Å². The summed E-state index contributed by atoms with van der Waals surface area (Å²) in [5.74, 6) is -0.00359. The van der Waals surface area contributed by atoms with E-state index in [0.29, 0.717) is 49.0 Å². The SMILES string of the molecule is CC1CCC(NC(=O)c2cccc3c2OCCO3)(C(=O)O)CC1. The van der Waals surface area contributed by atoms with E-state index < -0.39 is 17.4 Å². The zero-order valence-electron chi connectivity index (χ0n) is 13.1. The number of amides is 1. The summed E-state index contributed by atoms with van der Waals surface area (Å²) in [6.45, 7) is 2.92. The number of rotatable bonds is 3. The third-order valence-electron chi connectivity index (χ3n) is 4.70. The van der Waals surface area contributed by atoms with E-state index >= 15 is 0 Å². The van der Waals surface area contributed by atoms with Crippen LogP contribution in [0, 0.1) is 5.92 Å². The molecule has 6 nitrogen and oxygen atoms in total. The van der Waals surface area contributed by atoms with E-state index in [-0.39, 0.29) is 0 Å². The first-order valence-electron chi connectivity index (χ1n) is 7.96. The molecule has 23 heavy (non-hydrogen) atoms. The fourth-order valence-corrected chi connectivity index (χ4v) is 3.18. The van der Waals surface area contributed by atoms with Crippen molar-refractivity contribution < 1.29 is 24.2 Å². The van der Waals surface area contributed by atoms with Gasteiger partial charge in [0.1, 0.15) is 18.8 Å². The Morgan fingerprint density at radius 2 is 1.91 bits per heavy atom. The summed E-state index contributed by atoms with van der Waals surface area (Å²) in [4.78, 5) is 24.4. The third kappa shape index (κ3) is 2.98. The van der Waals surface area contributed by atoms with E-state index in [4.69, 9.17) is 9.47 Å². The number of hydrogen-bond acceptors (Lipinski definition) is 4. The lowest BCUT2D eigenvalue weighted by Crippen LogP contribution is -2.56. The minimum Gasteiger partial charge on any atom is -0.486 e. The molecule has 0 unspecified atom stereocenters. The highest BCUT2D eigenvalue weighted by atomic mass is 16.6.